The number of hydrogen-bond acceptors (Lipinski definition) is 1. The van der Waals surface area contributed by atoms with Crippen molar-refractivity contribution in [2.24, 2.45) is 0 Å². The van der Waals surface area contributed by atoms with Crippen LogP contribution in [0.5, 0.6) is 0 Å². The molecule has 0 aromatic rings. The molecule has 0 rings (SSSR count). The number of unbranched alkanes of at least 4 members (excludes halogenated alkanes) is 8. The quantitative estimate of drug-likeness (QED) is 0.479. The Kier molecular flexibility index (Phi) is 11.4. The summed E-state index contributed by atoms with van der Waals surface area (Å²) in [6.07, 6.45) is 11.7. The fourth-order valence-corrected chi connectivity index (χ4v) is 1.70. The lowest BCUT2D eigenvalue weighted by molar-refractivity contribution is -0.123. The van der Waals surface area contributed by atoms with Gasteiger partial charge < -0.3 is 0 Å². The van der Waals surface area contributed by atoms with Crippen LogP contribution in [0.15, 0.2) is 0 Å². The van der Waals surface area contributed by atoms with Crippen molar-refractivity contribution in [3.8, 4) is 0 Å². The van der Waals surface area contributed by atoms with Crippen LogP contribution in [0.1, 0.15) is 71.1 Å². The van der Waals surface area contributed by atoms with Crippen molar-refractivity contribution in [2.75, 3.05) is 6.61 Å². The average molecular weight is 213 g/mol. The number of hydrogen-bond donors (Lipinski definition) is 0. The monoisotopic (exact) mass is 213 g/mol. The van der Waals surface area contributed by atoms with E-state index in [1.54, 1.807) is 0 Å². The van der Waals surface area contributed by atoms with Crippen LogP contribution in [0.2, 0.25) is 0 Å². The van der Waals surface area contributed by atoms with E-state index < -0.39 is 6.61 Å². The zero-order valence-electron chi connectivity index (χ0n) is 10.1. The topological polar surface area (TPSA) is 37.0 Å². The minimum atomic E-state index is -0.531. The van der Waals surface area contributed by atoms with Crippen LogP contribution in [0.4, 0.5) is 0 Å². The van der Waals surface area contributed by atoms with Gasteiger partial charge in [-0.25, -0.2) is 5.11 Å². The molecule has 2 nitrogen and oxygen atoms in total. The zero-order valence-corrected chi connectivity index (χ0v) is 10.1. The second-order valence-corrected chi connectivity index (χ2v) is 4.26. The van der Waals surface area contributed by atoms with Crippen molar-refractivity contribution >= 4 is 5.78 Å². The van der Waals surface area contributed by atoms with Gasteiger partial charge in [0.1, 0.15) is 6.61 Å². The summed E-state index contributed by atoms with van der Waals surface area (Å²) in [5.41, 5.74) is 0. The Morgan fingerprint density at radius 1 is 0.800 bits per heavy atom. The Hall–Kier alpha value is -0.370. The lowest BCUT2D eigenvalue weighted by Gasteiger charge is -2.00. The van der Waals surface area contributed by atoms with Crippen molar-refractivity contribution in [1.29, 1.82) is 0 Å². The highest BCUT2D eigenvalue weighted by molar-refractivity contribution is 5.79. The molecule has 1 radical (unpaired) electrons. The summed E-state index contributed by atoms with van der Waals surface area (Å²) in [4.78, 5) is 10.7. The fourth-order valence-electron chi connectivity index (χ4n) is 1.70. The molecule has 0 spiro atoms. The lowest BCUT2D eigenvalue weighted by Crippen LogP contribution is -2.01. The molecule has 0 aliphatic carbocycles. The van der Waals surface area contributed by atoms with Gasteiger partial charge in [0.25, 0.3) is 0 Å². The first kappa shape index (κ1) is 14.6. The highest BCUT2D eigenvalue weighted by atomic mass is 16.3. The van der Waals surface area contributed by atoms with Gasteiger partial charge in [0.2, 0.25) is 0 Å². The third-order valence-electron chi connectivity index (χ3n) is 2.72. The van der Waals surface area contributed by atoms with Crippen LogP contribution in [-0.2, 0) is 9.90 Å². The van der Waals surface area contributed by atoms with Crippen LogP contribution >= 0.6 is 0 Å². The molecule has 2 heteroatoms. The molecule has 0 saturated heterocycles. The third-order valence-corrected chi connectivity index (χ3v) is 2.72. The molecule has 0 amide bonds. The Morgan fingerprint density at radius 3 is 1.73 bits per heavy atom. The standard InChI is InChI=1S/C13H25O2/c1-2-3-4-5-6-7-8-9-10-11-13(15)12-14/h2-12H2,1H3. The predicted molar refractivity (Wildman–Crippen MR) is 62.4 cm³/mol. The van der Waals surface area contributed by atoms with Crippen LogP contribution in [0.25, 0.3) is 0 Å². The molecule has 0 saturated carbocycles. The van der Waals surface area contributed by atoms with Gasteiger partial charge in [0.15, 0.2) is 5.78 Å². The largest absolute Gasteiger partial charge is 0.297 e. The van der Waals surface area contributed by atoms with E-state index in [0.717, 1.165) is 12.8 Å². The normalized spacial score (nSPS) is 10.5. The Balaban J connectivity index is 2.95. The average Bonchev–Trinajstić information content (AvgIpc) is 2.26. The Labute approximate surface area is 94.1 Å². The van der Waals surface area contributed by atoms with Gasteiger partial charge in [-0.15, -0.1) is 0 Å². The molecule has 0 fully saturated rings. The van der Waals surface area contributed by atoms with Crippen LogP contribution < -0.4 is 0 Å². The summed E-state index contributed by atoms with van der Waals surface area (Å²) in [5.74, 6) is -0.127. The highest BCUT2D eigenvalue weighted by Gasteiger charge is 1.99. The molecule has 0 aromatic carbocycles. The van der Waals surface area contributed by atoms with Crippen molar-refractivity contribution in [1.82, 2.24) is 0 Å². The molecule has 0 heterocycles. The van der Waals surface area contributed by atoms with Gasteiger partial charge in [0, 0.05) is 6.42 Å². The maximum atomic E-state index is 10.7. The first-order valence-corrected chi connectivity index (χ1v) is 6.41. The van der Waals surface area contributed by atoms with Gasteiger partial charge in [-0.3, -0.25) is 4.79 Å². The lowest BCUT2D eigenvalue weighted by atomic mass is 10.1. The first-order chi connectivity index (χ1) is 7.31. The fraction of sp³-hybridized carbons (Fsp3) is 0.923. The highest BCUT2D eigenvalue weighted by Crippen LogP contribution is 2.10. The van der Waals surface area contributed by atoms with E-state index in [-0.39, 0.29) is 5.78 Å². The number of ketones is 1. The molecule has 0 unspecified atom stereocenters. The molecule has 89 valence electrons. The molecular formula is C13H25O2. The molecular weight excluding hydrogens is 188 g/mol. The molecule has 0 aliphatic heterocycles. The third kappa shape index (κ3) is 11.6. The van der Waals surface area contributed by atoms with E-state index in [0.29, 0.717) is 6.42 Å². The number of rotatable bonds is 11. The second kappa shape index (κ2) is 11.7. The number of carbonyl (C=O) groups excluding carboxylic acids is 1. The second-order valence-electron chi connectivity index (χ2n) is 4.26. The zero-order chi connectivity index (χ0) is 11.4. The first-order valence-electron chi connectivity index (χ1n) is 6.41. The van der Waals surface area contributed by atoms with E-state index in [1.807, 2.05) is 0 Å². The maximum absolute atomic E-state index is 10.7. The van der Waals surface area contributed by atoms with Crippen LogP contribution in [0.3, 0.4) is 0 Å². The van der Waals surface area contributed by atoms with Crippen LogP contribution in [0, 0.1) is 0 Å². The summed E-state index contributed by atoms with van der Waals surface area (Å²) in [7, 11) is 0. The van der Waals surface area contributed by atoms with Gasteiger partial charge in [-0.2, -0.15) is 0 Å². The number of carbonyl (C=O) groups is 1. The Bertz CT molecular complexity index is 143. The van der Waals surface area contributed by atoms with Crippen molar-refractivity contribution in [3.63, 3.8) is 0 Å². The molecule has 0 bridgehead atoms. The number of Topliss-reactive ketones (excluding diaryl/α,β-unsaturated/α-hetero) is 1. The molecule has 0 atom stereocenters. The van der Waals surface area contributed by atoms with Gasteiger partial charge in [-0.1, -0.05) is 58.3 Å². The summed E-state index contributed by atoms with van der Waals surface area (Å²) < 4.78 is 0. The van der Waals surface area contributed by atoms with Gasteiger partial charge in [-0.05, 0) is 6.42 Å². The summed E-state index contributed by atoms with van der Waals surface area (Å²) in [5, 5.41) is 10.1. The minimum Gasteiger partial charge on any atom is -0.297 e. The van der Waals surface area contributed by atoms with Gasteiger partial charge >= 0.3 is 0 Å². The smallest absolute Gasteiger partial charge is 0.161 e. The van der Waals surface area contributed by atoms with Crippen molar-refractivity contribution in [2.45, 2.75) is 71.1 Å². The minimum absolute atomic E-state index is 0.127. The summed E-state index contributed by atoms with van der Waals surface area (Å²) >= 11 is 0. The predicted octanol–water partition coefficient (Wildman–Crippen LogP) is 3.91. The van der Waals surface area contributed by atoms with E-state index >= 15 is 0 Å². The maximum Gasteiger partial charge on any atom is 0.161 e. The summed E-state index contributed by atoms with van der Waals surface area (Å²) in [6, 6.07) is 0. The summed E-state index contributed by atoms with van der Waals surface area (Å²) in [6.45, 7) is 1.70. The molecule has 15 heavy (non-hydrogen) atoms. The van der Waals surface area contributed by atoms with E-state index in [4.69, 9.17) is 0 Å². The van der Waals surface area contributed by atoms with E-state index in [9.17, 15) is 9.90 Å². The van der Waals surface area contributed by atoms with Crippen LogP contribution in [-0.4, -0.2) is 12.4 Å². The molecule has 0 N–H and O–H groups in total. The van der Waals surface area contributed by atoms with E-state index in [2.05, 4.69) is 6.92 Å². The van der Waals surface area contributed by atoms with E-state index in [1.165, 1.54) is 44.9 Å². The SMILES string of the molecule is CCCCCCCCCCCC(=O)C[O]. The Morgan fingerprint density at radius 2 is 1.27 bits per heavy atom. The van der Waals surface area contributed by atoms with Gasteiger partial charge in [0.05, 0.1) is 0 Å². The molecule has 0 aliphatic rings. The molecule has 0 aromatic heterocycles. The van der Waals surface area contributed by atoms with Crippen molar-refractivity contribution in [3.05, 3.63) is 0 Å². The van der Waals surface area contributed by atoms with Crippen molar-refractivity contribution < 1.29 is 9.90 Å².